The fraction of sp³-hybridized carbons (Fsp3) is 0.682. The summed E-state index contributed by atoms with van der Waals surface area (Å²) in [5, 5.41) is 3.00. The Labute approximate surface area is 183 Å². The van der Waals surface area contributed by atoms with Gasteiger partial charge in [-0.15, -0.1) is 0 Å². The molecule has 174 valence electrons. The lowest BCUT2D eigenvalue weighted by atomic mass is 9.48. The van der Waals surface area contributed by atoms with Crippen molar-refractivity contribution in [3.8, 4) is 0 Å². The molecule has 0 radical (unpaired) electrons. The Balaban J connectivity index is 1.18. The number of pyridine rings is 1. The summed E-state index contributed by atoms with van der Waals surface area (Å²) in [5.74, 6) is 0.735. The van der Waals surface area contributed by atoms with Crippen molar-refractivity contribution < 1.29 is 27.5 Å². The van der Waals surface area contributed by atoms with E-state index in [2.05, 4.69) is 10.3 Å². The first-order valence-electron chi connectivity index (χ1n) is 11.2. The Morgan fingerprint density at radius 1 is 1.22 bits per heavy atom. The fourth-order valence-corrected chi connectivity index (χ4v) is 6.60. The predicted molar refractivity (Wildman–Crippen MR) is 108 cm³/mol. The van der Waals surface area contributed by atoms with Crippen LogP contribution < -0.4 is 11.1 Å². The number of nitrogens with zero attached hydrogens (tertiary/aromatic N) is 2. The van der Waals surface area contributed by atoms with Gasteiger partial charge in [-0.2, -0.15) is 13.2 Å². The summed E-state index contributed by atoms with van der Waals surface area (Å²) in [6.07, 6.45) is 0.881. The number of ether oxygens (including phenoxy) is 1. The van der Waals surface area contributed by atoms with Crippen molar-refractivity contribution in [3.63, 3.8) is 0 Å². The van der Waals surface area contributed by atoms with Crippen molar-refractivity contribution in [2.24, 2.45) is 28.9 Å². The van der Waals surface area contributed by atoms with Gasteiger partial charge in [0.25, 0.3) is 0 Å². The monoisotopic (exact) mass is 452 g/mol. The van der Waals surface area contributed by atoms with E-state index in [1.54, 1.807) is 4.90 Å². The Morgan fingerprint density at radius 3 is 2.59 bits per heavy atom. The van der Waals surface area contributed by atoms with E-state index in [9.17, 15) is 22.8 Å². The molecule has 4 bridgehead atoms. The molecule has 10 heteroatoms. The molecule has 0 spiro atoms. The summed E-state index contributed by atoms with van der Waals surface area (Å²) in [6, 6.07) is 1.70. The summed E-state index contributed by atoms with van der Waals surface area (Å²) in [6.45, 7) is 0.804. The first-order valence-corrected chi connectivity index (χ1v) is 11.2. The molecule has 1 aliphatic heterocycles. The number of carbonyl (C=O) groups is 2. The van der Waals surface area contributed by atoms with Crippen LogP contribution in [0.3, 0.4) is 0 Å². The van der Waals surface area contributed by atoms with Crippen LogP contribution in [0.25, 0.3) is 0 Å². The van der Waals surface area contributed by atoms with Gasteiger partial charge in [0.15, 0.2) is 0 Å². The van der Waals surface area contributed by atoms with Crippen LogP contribution in [0.5, 0.6) is 0 Å². The molecule has 6 atom stereocenters. The van der Waals surface area contributed by atoms with Gasteiger partial charge >= 0.3 is 12.3 Å². The van der Waals surface area contributed by atoms with Crippen LogP contribution in [0.15, 0.2) is 18.3 Å². The number of alkyl halides is 3. The third-order valence-corrected chi connectivity index (χ3v) is 7.83. The predicted octanol–water partition coefficient (Wildman–Crippen LogP) is 3.40. The SMILES string of the molecule is NC(=O)[C@]12CC3CC(C1)C(OC(=O)N1CC[C@@H](Nc4cc(C(F)(F)F)ccn4)C1)[C@@H](C3)C2. The molecule has 0 aromatic carbocycles. The molecule has 5 aliphatic rings. The number of hydrogen-bond acceptors (Lipinski definition) is 5. The van der Waals surface area contributed by atoms with Gasteiger partial charge in [-0.05, 0) is 68.4 Å². The number of halogens is 3. The zero-order valence-electron chi connectivity index (χ0n) is 17.6. The maximum atomic E-state index is 12.9. The second-order valence-corrected chi connectivity index (χ2v) is 9.97. The van der Waals surface area contributed by atoms with Gasteiger partial charge in [-0.1, -0.05) is 0 Å². The number of aromatic nitrogens is 1. The minimum absolute atomic E-state index is 0.137. The summed E-state index contributed by atoms with van der Waals surface area (Å²) in [4.78, 5) is 30.5. The van der Waals surface area contributed by atoms with Crippen molar-refractivity contribution in [2.45, 2.75) is 56.8 Å². The average molecular weight is 452 g/mol. The lowest BCUT2D eigenvalue weighted by molar-refractivity contribution is -0.161. The fourth-order valence-electron chi connectivity index (χ4n) is 6.60. The molecule has 6 rings (SSSR count). The smallest absolute Gasteiger partial charge is 0.416 e. The lowest BCUT2D eigenvalue weighted by Crippen LogP contribution is -2.59. The quantitative estimate of drug-likeness (QED) is 0.730. The van der Waals surface area contributed by atoms with E-state index < -0.39 is 23.2 Å². The average Bonchev–Trinajstić information content (AvgIpc) is 3.18. The molecule has 4 saturated carbocycles. The number of primary amides is 1. The van der Waals surface area contributed by atoms with Crippen molar-refractivity contribution >= 4 is 17.8 Å². The van der Waals surface area contributed by atoms with Gasteiger partial charge < -0.3 is 20.7 Å². The minimum atomic E-state index is -4.43. The number of anilines is 1. The molecule has 1 saturated heterocycles. The number of amides is 2. The van der Waals surface area contributed by atoms with Crippen LogP contribution in [0.2, 0.25) is 0 Å². The van der Waals surface area contributed by atoms with E-state index in [0.717, 1.165) is 37.6 Å². The summed E-state index contributed by atoms with van der Waals surface area (Å²) >= 11 is 0. The third kappa shape index (κ3) is 3.77. The molecule has 4 aliphatic carbocycles. The molecule has 5 fully saturated rings. The standard InChI is InChI=1S/C22H27F3N4O3/c23-22(24,25)15-1-3-27-17(7-15)28-16-2-4-29(11-16)20(31)32-18-13-5-12-6-14(18)10-21(8-12,9-13)19(26)30/h1,3,7,12-14,16,18H,2,4-6,8-11H2,(H2,26,30)(H,27,28)/t12?,13-,14?,16+,18?,21-/m0/s1. The van der Waals surface area contributed by atoms with E-state index in [4.69, 9.17) is 10.5 Å². The molecular weight excluding hydrogens is 425 g/mol. The van der Waals surface area contributed by atoms with Crippen molar-refractivity contribution in [3.05, 3.63) is 23.9 Å². The normalized spacial score (nSPS) is 35.7. The van der Waals surface area contributed by atoms with Gasteiger partial charge in [0.05, 0.1) is 11.0 Å². The maximum Gasteiger partial charge on any atom is 0.416 e. The summed E-state index contributed by atoms with van der Waals surface area (Å²) in [7, 11) is 0. The minimum Gasteiger partial charge on any atom is -0.446 e. The van der Waals surface area contributed by atoms with Crippen molar-refractivity contribution in [1.29, 1.82) is 0 Å². The molecular formula is C22H27F3N4O3. The first kappa shape index (κ1) is 21.3. The number of nitrogens with one attached hydrogen (secondary N) is 1. The van der Waals surface area contributed by atoms with Crippen LogP contribution in [0, 0.1) is 23.2 Å². The lowest BCUT2D eigenvalue weighted by Gasteiger charge is -2.58. The maximum absolute atomic E-state index is 12.9. The first-order chi connectivity index (χ1) is 15.1. The second kappa shape index (κ2) is 7.52. The Bertz CT molecular complexity index is 908. The molecule has 1 aromatic heterocycles. The largest absolute Gasteiger partial charge is 0.446 e. The zero-order valence-corrected chi connectivity index (χ0v) is 17.6. The highest BCUT2D eigenvalue weighted by molar-refractivity contribution is 5.81. The number of likely N-dealkylation sites (tertiary alicyclic amines) is 1. The summed E-state index contributed by atoms with van der Waals surface area (Å²) in [5.41, 5.74) is 4.53. The Morgan fingerprint density at radius 2 is 1.94 bits per heavy atom. The van der Waals surface area contributed by atoms with E-state index in [0.29, 0.717) is 38.3 Å². The number of hydrogen-bond donors (Lipinski definition) is 2. The highest BCUT2D eigenvalue weighted by Crippen LogP contribution is 2.60. The zero-order chi connectivity index (χ0) is 22.7. The van der Waals surface area contributed by atoms with E-state index in [-0.39, 0.29) is 35.7 Å². The molecule has 1 aromatic rings. The van der Waals surface area contributed by atoms with Gasteiger partial charge in [0.2, 0.25) is 5.91 Å². The topological polar surface area (TPSA) is 97.6 Å². The number of nitrogens with two attached hydrogens (primary N) is 1. The number of rotatable bonds is 4. The highest BCUT2D eigenvalue weighted by atomic mass is 19.4. The third-order valence-electron chi connectivity index (χ3n) is 7.83. The van der Waals surface area contributed by atoms with Gasteiger partial charge in [0.1, 0.15) is 11.9 Å². The van der Waals surface area contributed by atoms with Gasteiger partial charge in [0, 0.05) is 25.3 Å². The van der Waals surface area contributed by atoms with Crippen molar-refractivity contribution in [2.75, 3.05) is 18.4 Å². The van der Waals surface area contributed by atoms with Crippen LogP contribution in [0.4, 0.5) is 23.8 Å². The van der Waals surface area contributed by atoms with Gasteiger partial charge in [-0.25, -0.2) is 9.78 Å². The molecule has 3 N–H and O–H groups in total. The molecule has 2 heterocycles. The van der Waals surface area contributed by atoms with Crippen LogP contribution in [0.1, 0.15) is 44.1 Å². The Kier molecular flexibility index (Phi) is 5.01. The molecule has 3 unspecified atom stereocenters. The Hall–Kier alpha value is -2.52. The molecule has 32 heavy (non-hydrogen) atoms. The second-order valence-electron chi connectivity index (χ2n) is 9.97. The van der Waals surface area contributed by atoms with E-state index in [1.165, 1.54) is 0 Å². The molecule has 2 amide bonds. The van der Waals surface area contributed by atoms with Crippen LogP contribution in [-0.4, -0.2) is 47.1 Å². The van der Waals surface area contributed by atoms with Crippen LogP contribution >= 0.6 is 0 Å². The summed E-state index contributed by atoms with van der Waals surface area (Å²) < 4.78 is 44.7. The van der Waals surface area contributed by atoms with Crippen LogP contribution in [-0.2, 0) is 15.7 Å². The highest BCUT2D eigenvalue weighted by Gasteiger charge is 2.59. The van der Waals surface area contributed by atoms with Gasteiger partial charge in [-0.3, -0.25) is 4.79 Å². The van der Waals surface area contributed by atoms with Crippen molar-refractivity contribution in [1.82, 2.24) is 9.88 Å². The molecule has 7 nitrogen and oxygen atoms in total. The van der Waals surface area contributed by atoms with E-state index >= 15 is 0 Å². The van der Waals surface area contributed by atoms with E-state index in [1.807, 2.05) is 0 Å². The number of carbonyl (C=O) groups excluding carboxylic acids is 2.